The summed E-state index contributed by atoms with van der Waals surface area (Å²) < 4.78 is 10.4. The number of methoxy groups -OCH3 is 2. The van der Waals surface area contributed by atoms with E-state index in [-0.39, 0.29) is 5.91 Å². The quantitative estimate of drug-likeness (QED) is 0.834. The van der Waals surface area contributed by atoms with Gasteiger partial charge in [-0.3, -0.25) is 4.79 Å². The van der Waals surface area contributed by atoms with E-state index >= 15 is 0 Å². The standard InChI is InChI=1S/C16H16BrNO3/c1-20-14-7-6-12(9-15(14)21-2)16(19)18-13-5-3-4-11(8-13)10-17/h3-9H,10H2,1-2H3,(H,18,19). The van der Waals surface area contributed by atoms with Gasteiger partial charge in [-0.25, -0.2) is 0 Å². The molecule has 1 N–H and O–H groups in total. The molecule has 0 unspecified atom stereocenters. The number of hydrogen-bond donors (Lipinski definition) is 1. The fourth-order valence-electron chi connectivity index (χ4n) is 1.91. The third kappa shape index (κ3) is 3.76. The van der Waals surface area contributed by atoms with E-state index < -0.39 is 0 Å². The lowest BCUT2D eigenvalue weighted by Crippen LogP contribution is -2.12. The lowest BCUT2D eigenvalue weighted by Gasteiger charge is -2.10. The third-order valence-electron chi connectivity index (χ3n) is 2.98. The number of amides is 1. The lowest BCUT2D eigenvalue weighted by atomic mass is 10.1. The van der Waals surface area contributed by atoms with Crippen LogP contribution in [0.3, 0.4) is 0 Å². The number of anilines is 1. The number of carbonyl (C=O) groups excluding carboxylic acids is 1. The van der Waals surface area contributed by atoms with E-state index in [0.717, 1.165) is 16.6 Å². The number of nitrogens with one attached hydrogen (secondary N) is 1. The second-order valence-corrected chi connectivity index (χ2v) is 4.92. The largest absolute Gasteiger partial charge is 0.493 e. The minimum absolute atomic E-state index is 0.192. The molecule has 0 aliphatic rings. The molecule has 2 aromatic rings. The van der Waals surface area contributed by atoms with Crippen molar-refractivity contribution in [1.82, 2.24) is 0 Å². The molecule has 110 valence electrons. The molecule has 0 atom stereocenters. The predicted octanol–water partition coefficient (Wildman–Crippen LogP) is 3.85. The summed E-state index contributed by atoms with van der Waals surface area (Å²) in [4.78, 5) is 12.3. The summed E-state index contributed by atoms with van der Waals surface area (Å²) in [7, 11) is 3.10. The summed E-state index contributed by atoms with van der Waals surface area (Å²) in [6, 6.07) is 12.7. The van der Waals surface area contributed by atoms with E-state index in [4.69, 9.17) is 9.47 Å². The molecule has 1 amide bonds. The van der Waals surface area contributed by atoms with Crippen molar-refractivity contribution in [2.75, 3.05) is 19.5 Å². The van der Waals surface area contributed by atoms with Gasteiger partial charge in [-0.05, 0) is 35.9 Å². The van der Waals surface area contributed by atoms with Gasteiger partial charge in [0.2, 0.25) is 0 Å². The molecule has 0 saturated carbocycles. The Labute approximate surface area is 132 Å². The predicted molar refractivity (Wildman–Crippen MR) is 86.6 cm³/mol. The maximum Gasteiger partial charge on any atom is 0.255 e. The van der Waals surface area contributed by atoms with Crippen LogP contribution in [0.4, 0.5) is 5.69 Å². The third-order valence-corrected chi connectivity index (χ3v) is 3.63. The van der Waals surface area contributed by atoms with Crippen molar-refractivity contribution in [3.05, 3.63) is 53.6 Å². The van der Waals surface area contributed by atoms with E-state index in [2.05, 4.69) is 21.2 Å². The Morgan fingerprint density at radius 2 is 1.86 bits per heavy atom. The number of hydrogen-bond acceptors (Lipinski definition) is 3. The van der Waals surface area contributed by atoms with E-state index in [1.165, 1.54) is 0 Å². The Bertz CT molecular complexity index is 643. The SMILES string of the molecule is COc1ccc(C(=O)Nc2cccc(CBr)c2)cc1OC. The number of carbonyl (C=O) groups is 1. The molecule has 0 saturated heterocycles. The monoisotopic (exact) mass is 349 g/mol. The Morgan fingerprint density at radius 3 is 2.52 bits per heavy atom. The molecule has 0 aliphatic heterocycles. The van der Waals surface area contributed by atoms with Crippen LogP contribution in [0, 0.1) is 0 Å². The van der Waals surface area contributed by atoms with Crippen molar-refractivity contribution in [2.45, 2.75) is 5.33 Å². The van der Waals surface area contributed by atoms with E-state index in [1.807, 2.05) is 24.3 Å². The van der Waals surface area contributed by atoms with Gasteiger partial charge in [-0.2, -0.15) is 0 Å². The topological polar surface area (TPSA) is 47.6 Å². The van der Waals surface area contributed by atoms with Crippen molar-refractivity contribution in [3.63, 3.8) is 0 Å². The molecular formula is C16H16BrNO3. The van der Waals surface area contributed by atoms with Gasteiger partial charge in [0.05, 0.1) is 14.2 Å². The van der Waals surface area contributed by atoms with Crippen LogP contribution in [0.5, 0.6) is 11.5 Å². The van der Waals surface area contributed by atoms with Gasteiger partial charge in [0.15, 0.2) is 11.5 Å². The Morgan fingerprint density at radius 1 is 1.10 bits per heavy atom. The molecule has 2 rings (SSSR count). The van der Waals surface area contributed by atoms with Gasteiger partial charge < -0.3 is 14.8 Å². The average Bonchev–Trinajstić information content (AvgIpc) is 2.54. The molecule has 5 heteroatoms. The summed E-state index contributed by atoms with van der Waals surface area (Å²) >= 11 is 3.39. The molecule has 0 fully saturated rings. The zero-order valence-electron chi connectivity index (χ0n) is 11.9. The Hall–Kier alpha value is -2.01. The molecule has 0 spiro atoms. The summed E-state index contributed by atoms with van der Waals surface area (Å²) in [5, 5.41) is 3.61. The molecule has 4 nitrogen and oxygen atoms in total. The first-order chi connectivity index (χ1) is 10.2. The number of rotatable bonds is 5. The molecule has 0 radical (unpaired) electrons. The van der Waals surface area contributed by atoms with Gasteiger partial charge in [0, 0.05) is 16.6 Å². The van der Waals surface area contributed by atoms with Crippen LogP contribution in [0.2, 0.25) is 0 Å². The average molecular weight is 350 g/mol. The van der Waals surface area contributed by atoms with Gasteiger partial charge in [-0.1, -0.05) is 28.1 Å². The molecule has 0 bridgehead atoms. The highest BCUT2D eigenvalue weighted by atomic mass is 79.9. The molecular weight excluding hydrogens is 334 g/mol. The minimum Gasteiger partial charge on any atom is -0.493 e. The van der Waals surface area contributed by atoms with E-state index in [9.17, 15) is 4.79 Å². The second kappa shape index (κ2) is 7.13. The first-order valence-corrected chi connectivity index (χ1v) is 7.48. The molecule has 0 aromatic heterocycles. The maximum absolute atomic E-state index is 12.3. The summed E-state index contributed by atoms with van der Waals surface area (Å²) in [6.07, 6.45) is 0. The van der Waals surface area contributed by atoms with Gasteiger partial charge in [0.25, 0.3) is 5.91 Å². The van der Waals surface area contributed by atoms with Crippen LogP contribution < -0.4 is 14.8 Å². The van der Waals surface area contributed by atoms with Crippen LogP contribution in [0.1, 0.15) is 15.9 Å². The first-order valence-electron chi connectivity index (χ1n) is 6.36. The summed E-state index contributed by atoms with van der Waals surface area (Å²) in [6.45, 7) is 0. The highest BCUT2D eigenvalue weighted by molar-refractivity contribution is 9.08. The van der Waals surface area contributed by atoms with Crippen molar-refractivity contribution >= 4 is 27.5 Å². The molecule has 21 heavy (non-hydrogen) atoms. The van der Waals surface area contributed by atoms with Crippen molar-refractivity contribution in [1.29, 1.82) is 0 Å². The number of alkyl halides is 1. The fraction of sp³-hybridized carbons (Fsp3) is 0.188. The molecule has 0 aliphatic carbocycles. The minimum atomic E-state index is -0.192. The highest BCUT2D eigenvalue weighted by Gasteiger charge is 2.11. The summed E-state index contributed by atoms with van der Waals surface area (Å²) in [5.74, 6) is 0.928. The van der Waals surface area contributed by atoms with E-state index in [0.29, 0.717) is 17.1 Å². The molecule has 2 aromatic carbocycles. The number of benzene rings is 2. The van der Waals surface area contributed by atoms with Crippen LogP contribution >= 0.6 is 15.9 Å². The fourth-order valence-corrected chi connectivity index (χ4v) is 2.26. The Balaban J connectivity index is 2.19. The van der Waals surface area contributed by atoms with Gasteiger partial charge >= 0.3 is 0 Å². The zero-order chi connectivity index (χ0) is 15.2. The highest BCUT2D eigenvalue weighted by Crippen LogP contribution is 2.27. The van der Waals surface area contributed by atoms with Crippen molar-refractivity contribution in [2.24, 2.45) is 0 Å². The molecule has 0 heterocycles. The Kier molecular flexibility index (Phi) is 5.22. The van der Waals surface area contributed by atoms with Crippen LogP contribution in [0.25, 0.3) is 0 Å². The van der Waals surface area contributed by atoms with Crippen molar-refractivity contribution in [3.8, 4) is 11.5 Å². The second-order valence-electron chi connectivity index (χ2n) is 4.36. The summed E-state index contributed by atoms with van der Waals surface area (Å²) in [5.41, 5.74) is 2.36. The van der Waals surface area contributed by atoms with Crippen LogP contribution in [-0.2, 0) is 5.33 Å². The van der Waals surface area contributed by atoms with Crippen molar-refractivity contribution < 1.29 is 14.3 Å². The zero-order valence-corrected chi connectivity index (χ0v) is 13.4. The van der Waals surface area contributed by atoms with Gasteiger partial charge in [0.1, 0.15) is 0 Å². The van der Waals surface area contributed by atoms with E-state index in [1.54, 1.807) is 32.4 Å². The van der Waals surface area contributed by atoms with Crippen LogP contribution in [-0.4, -0.2) is 20.1 Å². The number of halogens is 1. The van der Waals surface area contributed by atoms with Crippen LogP contribution in [0.15, 0.2) is 42.5 Å². The normalized spacial score (nSPS) is 10.0. The lowest BCUT2D eigenvalue weighted by molar-refractivity contribution is 0.102. The maximum atomic E-state index is 12.3. The van der Waals surface area contributed by atoms with Gasteiger partial charge in [-0.15, -0.1) is 0 Å². The first kappa shape index (κ1) is 15.4. The smallest absolute Gasteiger partial charge is 0.255 e. The number of ether oxygens (including phenoxy) is 2.